The zero-order chi connectivity index (χ0) is 8.81. The van der Waals surface area contributed by atoms with Crippen molar-refractivity contribution in [3.63, 3.8) is 0 Å². The first-order valence-electron chi connectivity index (χ1n) is 3.87. The third kappa shape index (κ3) is 2.77. The van der Waals surface area contributed by atoms with Gasteiger partial charge < -0.3 is 0 Å². The molecule has 0 aliphatic rings. The van der Waals surface area contributed by atoms with Gasteiger partial charge in [-0.1, -0.05) is 5.21 Å². The molecule has 1 heterocycles. The van der Waals surface area contributed by atoms with Crippen molar-refractivity contribution in [2.24, 2.45) is 0 Å². The molecule has 1 rings (SSSR count). The lowest BCUT2D eigenvalue weighted by Crippen LogP contribution is -1.99. The van der Waals surface area contributed by atoms with Crippen molar-refractivity contribution in [3.8, 4) is 0 Å². The van der Waals surface area contributed by atoms with Gasteiger partial charge in [0.1, 0.15) is 0 Å². The SMILES string of the molecule is FCCCn1cc(CCCl)nn1. The number of nitrogens with zero attached hydrogens (tertiary/aromatic N) is 3. The Bertz CT molecular complexity index is 226. The summed E-state index contributed by atoms with van der Waals surface area (Å²) in [5.74, 6) is 0.543. The zero-order valence-electron chi connectivity index (χ0n) is 6.71. The van der Waals surface area contributed by atoms with Gasteiger partial charge in [-0.15, -0.1) is 16.7 Å². The van der Waals surface area contributed by atoms with Gasteiger partial charge in [-0.3, -0.25) is 9.07 Å². The summed E-state index contributed by atoms with van der Waals surface area (Å²) < 4.78 is 13.4. The maximum absolute atomic E-state index is 11.8. The second-order valence-corrected chi connectivity index (χ2v) is 2.83. The van der Waals surface area contributed by atoms with E-state index in [0.717, 1.165) is 12.1 Å². The summed E-state index contributed by atoms with van der Waals surface area (Å²) in [5.41, 5.74) is 0.865. The first-order chi connectivity index (χ1) is 5.86. The standard InChI is InChI=1S/C7H11ClFN3/c8-3-2-7-6-12(11-10-7)5-1-4-9/h6H,1-5H2. The highest BCUT2D eigenvalue weighted by atomic mass is 35.5. The highest BCUT2D eigenvalue weighted by Gasteiger charge is 1.98. The molecule has 0 fully saturated rings. The van der Waals surface area contributed by atoms with E-state index >= 15 is 0 Å². The van der Waals surface area contributed by atoms with Crippen LogP contribution in [0.25, 0.3) is 0 Å². The lowest BCUT2D eigenvalue weighted by Gasteiger charge is -1.93. The molecule has 0 bridgehead atoms. The van der Waals surface area contributed by atoms with E-state index in [4.69, 9.17) is 11.6 Å². The fraction of sp³-hybridized carbons (Fsp3) is 0.714. The summed E-state index contributed by atoms with van der Waals surface area (Å²) in [6.07, 6.45) is 3.01. The molecule has 0 N–H and O–H groups in total. The molecular weight excluding hydrogens is 181 g/mol. The van der Waals surface area contributed by atoms with Crippen molar-refractivity contribution in [3.05, 3.63) is 11.9 Å². The van der Waals surface area contributed by atoms with E-state index in [1.165, 1.54) is 0 Å². The summed E-state index contributed by atoms with van der Waals surface area (Å²) in [6.45, 7) is 0.274. The lowest BCUT2D eigenvalue weighted by molar-refractivity contribution is 0.431. The van der Waals surface area contributed by atoms with Gasteiger partial charge in [0.25, 0.3) is 0 Å². The Kier molecular flexibility index (Phi) is 4.00. The molecule has 0 atom stereocenters. The van der Waals surface area contributed by atoms with Crippen molar-refractivity contribution >= 4 is 11.6 Å². The molecule has 0 saturated carbocycles. The number of aromatic nitrogens is 3. The average molecular weight is 192 g/mol. The molecule has 12 heavy (non-hydrogen) atoms. The predicted molar refractivity (Wildman–Crippen MR) is 45.0 cm³/mol. The maximum Gasteiger partial charge on any atom is 0.0912 e. The number of alkyl halides is 2. The lowest BCUT2D eigenvalue weighted by atomic mass is 10.4. The first kappa shape index (κ1) is 9.45. The molecule has 0 saturated heterocycles. The molecule has 0 aliphatic heterocycles. The molecule has 5 heteroatoms. The van der Waals surface area contributed by atoms with Gasteiger partial charge in [0.2, 0.25) is 0 Å². The van der Waals surface area contributed by atoms with Crippen molar-refractivity contribution in [1.29, 1.82) is 0 Å². The van der Waals surface area contributed by atoms with Crippen LogP contribution in [0.4, 0.5) is 4.39 Å². The van der Waals surface area contributed by atoms with Gasteiger partial charge in [0.05, 0.1) is 12.4 Å². The monoisotopic (exact) mass is 191 g/mol. The number of hydrogen-bond acceptors (Lipinski definition) is 2. The van der Waals surface area contributed by atoms with Crippen LogP contribution in [0, 0.1) is 0 Å². The fourth-order valence-corrected chi connectivity index (χ4v) is 1.07. The Morgan fingerprint density at radius 2 is 2.42 bits per heavy atom. The second-order valence-electron chi connectivity index (χ2n) is 2.45. The van der Waals surface area contributed by atoms with Crippen molar-refractivity contribution in [1.82, 2.24) is 15.0 Å². The Labute approximate surface area is 75.5 Å². The number of rotatable bonds is 5. The topological polar surface area (TPSA) is 30.7 Å². The summed E-state index contributed by atoms with van der Waals surface area (Å²) in [4.78, 5) is 0. The molecule has 0 unspecified atom stereocenters. The second kappa shape index (κ2) is 5.09. The average Bonchev–Trinajstić information content (AvgIpc) is 2.50. The summed E-state index contributed by atoms with van der Waals surface area (Å²) in [7, 11) is 0. The van der Waals surface area contributed by atoms with E-state index in [9.17, 15) is 4.39 Å². The highest BCUT2D eigenvalue weighted by Crippen LogP contribution is 1.97. The predicted octanol–water partition coefficient (Wildman–Crippen LogP) is 1.42. The van der Waals surface area contributed by atoms with Crippen LogP contribution in [-0.2, 0) is 13.0 Å². The van der Waals surface area contributed by atoms with E-state index in [1.54, 1.807) is 10.9 Å². The fourth-order valence-electron chi connectivity index (χ4n) is 0.881. The normalized spacial score (nSPS) is 10.5. The minimum absolute atomic E-state index is 0.315. The molecule has 0 aliphatic carbocycles. The quantitative estimate of drug-likeness (QED) is 0.659. The van der Waals surface area contributed by atoms with Crippen LogP contribution >= 0.6 is 11.6 Å². The van der Waals surface area contributed by atoms with Crippen LogP contribution in [0.2, 0.25) is 0 Å². The Morgan fingerprint density at radius 3 is 3.08 bits per heavy atom. The molecule has 0 spiro atoms. The van der Waals surface area contributed by atoms with Gasteiger partial charge in [-0.25, -0.2) is 0 Å². The first-order valence-corrected chi connectivity index (χ1v) is 4.41. The van der Waals surface area contributed by atoms with Gasteiger partial charge >= 0.3 is 0 Å². The van der Waals surface area contributed by atoms with Crippen LogP contribution in [0.3, 0.4) is 0 Å². The van der Waals surface area contributed by atoms with Crippen molar-refractivity contribution < 1.29 is 4.39 Å². The summed E-state index contributed by atoms with van der Waals surface area (Å²) in [6, 6.07) is 0. The van der Waals surface area contributed by atoms with Gasteiger partial charge in [-0.2, -0.15) is 0 Å². The Morgan fingerprint density at radius 1 is 1.58 bits per heavy atom. The van der Waals surface area contributed by atoms with E-state index < -0.39 is 0 Å². The maximum atomic E-state index is 11.8. The third-order valence-corrected chi connectivity index (χ3v) is 1.65. The summed E-state index contributed by atoms with van der Waals surface area (Å²) >= 11 is 5.51. The zero-order valence-corrected chi connectivity index (χ0v) is 7.47. The van der Waals surface area contributed by atoms with E-state index in [1.807, 2.05) is 0 Å². The van der Waals surface area contributed by atoms with Crippen LogP contribution in [0.1, 0.15) is 12.1 Å². The number of hydrogen-bond donors (Lipinski definition) is 0. The van der Waals surface area contributed by atoms with Crippen LogP contribution in [-0.4, -0.2) is 27.5 Å². The highest BCUT2D eigenvalue weighted by molar-refractivity contribution is 6.17. The van der Waals surface area contributed by atoms with Gasteiger partial charge in [0, 0.05) is 25.0 Å². The molecule has 1 aromatic heterocycles. The molecule has 0 amide bonds. The largest absolute Gasteiger partial charge is 0.252 e. The third-order valence-electron chi connectivity index (χ3n) is 1.46. The molecule has 0 radical (unpaired) electrons. The Hall–Kier alpha value is -0.640. The van der Waals surface area contributed by atoms with Crippen LogP contribution in [0.5, 0.6) is 0 Å². The van der Waals surface area contributed by atoms with Crippen molar-refractivity contribution in [2.75, 3.05) is 12.6 Å². The molecular formula is C7H11ClFN3. The smallest absolute Gasteiger partial charge is 0.0912 e. The number of halogens is 2. The van der Waals surface area contributed by atoms with Crippen LogP contribution in [0.15, 0.2) is 6.20 Å². The molecule has 1 aromatic rings. The number of aryl methyl sites for hydroxylation is 2. The molecule has 68 valence electrons. The van der Waals surface area contributed by atoms with E-state index in [0.29, 0.717) is 18.8 Å². The summed E-state index contributed by atoms with van der Waals surface area (Å²) in [5, 5.41) is 7.68. The minimum atomic E-state index is -0.315. The van der Waals surface area contributed by atoms with Gasteiger partial charge in [0.15, 0.2) is 0 Å². The van der Waals surface area contributed by atoms with Crippen LogP contribution < -0.4 is 0 Å². The molecule has 0 aromatic carbocycles. The van der Waals surface area contributed by atoms with E-state index in [2.05, 4.69) is 10.3 Å². The Balaban J connectivity index is 2.41. The molecule has 3 nitrogen and oxygen atoms in total. The minimum Gasteiger partial charge on any atom is -0.252 e. The van der Waals surface area contributed by atoms with Gasteiger partial charge in [-0.05, 0) is 6.42 Å². The van der Waals surface area contributed by atoms with E-state index in [-0.39, 0.29) is 6.67 Å². The van der Waals surface area contributed by atoms with Crippen molar-refractivity contribution in [2.45, 2.75) is 19.4 Å².